The molecular formula is C22H21N7O6. The van der Waals surface area contributed by atoms with Gasteiger partial charge in [0, 0.05) is 42.7 Å². The van der Waals surface area contributed by atoms with Crippen LogP contribution in [0.5, 0.6) is 0 Å². The lowest BCUT2D eigenvalue weighted by molar-refractivity contribution is -0.394. The zero-order valence-corrected chi connectivity index (χ0v) is 18.6. The topological polar surface area (TPSA) is 166 Å². The molecule has 180 valence electrons. The van der Waals surface area contributed by atoms with Crippen molar-refractivity contribution >= 4 is 40.3 Å². The summed E-state index contributed by atoms with van der Waals surface area (Å²) in [5.74, 6) is 1.32. The number of aromatic nitrogens is 2. The lowest BCUT2D eigenvalue weighted by Crippen LogP contribution is -2.36. The van der Waals surface area contributed by atoms with Crippen molar-refractivity contribution in [2.24, 2.45) is 0 Å². The number of ether oxygens (including phenoxy) is 1. The van der Waals surface area contributed by atoms with Crippen molar-refractivity contribution in [3.05, 3.63) is 80.1 Å². The van der Waals surface area contributed by atoms with Crippen molar-refractivity contribution in [2.75, 3.05) is 41.8 Å². The second kappa shape index (κ2) is 10.1. The molecule has 0 saturated carbocycles. The minimum absolute atomic E-state index is 0.194. The van der Waals surface area contributed by atoms with Crippen LogP contribution in [-0.4, -0.2) is 52.0 Å². The van der Waals surface area contributed by atoms with Gasteiger partial charge in [-0.3, -0.25) is 25.0 Å². The fourth-order valence-corrected chi connectivity index (χ4v) is 3.50. The van der Waals surface area contributed by atoms with Gasteiger partial charge in [-0.15, -0.1) is 0 Å². The van der Waals surface area contributed by atoms with Crippen molar-refractivity contribution in [1.29, 1.82) is 0 Å². The van der Waals surface area contributed by atoms with Crippen molar-refractivity contribution in [3.8, 4) is 0 Å². The molecular weight excluding hydrogens is 458 g/mol. The number of anilines is 4. The molecule has 1 saturated heterocycles. The SMILES string of the molecule is Cc1nc(Nc2ccc(NC(=O)c3cc([N+](=O)[O-])cc([N+](=O)[O-])c3)cc2)cc(N2CCOCC2)n1. The summed E-state index contributed by atoms with van der Waals surface area (Å²) in [6.45, 7) is 4.59. The molecule has 0 aliphatic carbocycles. The number of non-ortho nitro benzene ring substituents is 2. The first kappa shape index (κ1) is 23.5. The van der Waals surface area contributed by atoms with Gasteiger partial charge in [-0.25, -0.2) is 9.97 Å². The Morgan fingerprint density at radius 3 is 2.14 bits per heavy atom. The predicted octanol–water partition coefficient (Wildman–Crippen LogP) is 3.43. The van der Waals surface area contributed by atoms with Gasteiger partial charge in [0.25, 0.3) is 17.3 Å². The molecule has 13 heteroatoms. The Kier molecular flexibility index (Phi) is 6.78. The van der Waals surface area contributed by atoms with Gasteiger partial charge in [-0.1, -0.05) is 0 Å². The number of nitro benzene ring substituents is 2. The molecule has 1 aliphatic heterocycles. The minimum atomic E-state index is -0.788. The zero-order chi connectivity index (χ0) is 24.9. The van der Waals surface area contributed by atoms with Crippen molar-refractivity contribution in [1.82, 2.24) is 9.97 Å². The van der Waals surface area contributed by atoms with Gasteiger partial charge in [0.2, 0.25) is 0 Å². The summed E-state index contributed by atoms with van der Waals surface area (Å²) in [6.07, 6.45) is 0. The third-order valence-corrected chi connectivity index (χ3v) is 5.16. The number of aryl methyl sites for hydroxylation is 1. The van der Waals surface area contributed by atoms with Crippen LogP contribution in [0, 0.1) is 27.2 Å². The molecule has 1 aromatic heterocycles. The van der Waals surface area contributed by atoms with Gasteiger partial charge in [0.15, 0.2) is 0 Å². The summed E-state index contributed by atoms with van der Waals surface area (Å²) in [7, 11) is 0. The van der Waals surface area contributed by atoms with Crippen LogP contribution in [0.3, 0.4) is 0 Å². The van der Waals surface area contributed by atoms with Crippen LogP contribution in [0.4, 0.5) is 34.4 Å². The Morgan fingerprint density at radius 2 is 1.54 bits per heavy atom. The van der Waals surface area contributed by atoms with Crippen LogP contribution in [0.15, 0.2) is 48.5 Å². The summed E-state index contributed by atoms with van der Waals surface area (Å²) in [4.78, 5) is 44.1. The maximum atomic E-state index is 12.6. The molecule has 0 unspecified atom stereocenters. The molecule has 35 heavy (non-hydrogen) atoms. The Morgan fingerprint density at radius 1 is 0.943 bits per heavy atom. The van der Waals surface area contributed by atoms with Crippen LogP contribution in [-0.2, 0) is 4.74 Å². The van der Waals surface area contributed by atoms with Gasteiger partial charge in [0.05, 0.1) is 34.7 Å². The van der Waals surface area contributed by atoms with E-state index in [9.17, 15) is 25.0 Å². The second-order valence-electron chi connectivity index (χ2n) is 7.67. The summed E-state index contributed by atoms with van der Waals surface area (Å²) >= 11 is 0. The minimum Gasteiger partial charge on any atom is -0.378 e. The van der Waals surface area contributed by atoms with Crippen molar-refractivity contribution in [2.45, 2.75) is 6.92 Å². The van der Waals surface area contributed by atoms with Crippen LogP contribution < -0.4 is 15.5 Å². The number of morpholine rings is 1. The molecule has 1 amide bonds. The monoisotopic (exact) mass is 479 g/mol. The number of carbonyl (C=O) groups is 1. The molecule has 4 rings (SSSR count). The van der Waals surface area contributed by atoms with Gasteiger partial charge in [-0.05, 0) is 31.2 Å². The highest BCUT2D eigenvalue weighted by molar-refractivity contribution is 6.05. The third-order valence-electron chi connectivity index (χ3n) is 5.16. The highest BCUT2D eigenvalue weighted by Gasteiger charge is 2.20. The number of rotatable bonds is 7. The van der Waals surface area contributed by atoms with E-state index in [0.29, 0.717) is 36.2 Å². The number of hydrogen-bond donors (Lipinski definition) is 2. The lowest BCUT2D eigenvalue weighted by atomic mass is 10.1. The summed E-state index contributed by atoms with van der Waals surface area (Å²) in [5.41, 5.74) is -0.163. The Labute approximate surface area is 199 Å². The average Bonchev–Trinajstić information content (AvgIpc) is 2.85. The van der Waals surface area contributed by atoms with E-state index in [1.54, 1.807) is 24.3 Å². The highest BCUT2D eigenvalue weighted by Crippen LogP contribution is 2.25. The first-order chi connectivity index (χ1) is 16.8. The fraction of sp³-hybridized carbons (Fsp3) is 0.227. The molecule has 2 heterocycles. The smallest absolute Gasteiger partial charge is 0.277 e. The van der Waals surface area contributed by atoms with E-state index in [-0.39, 0.29) is 5.56 Å². The summed E-state index contributed by atoms with van der Waals surface area (Å²) < 4.78 is 5.39. The van der Waals surface area contributed by atoms with E-state index in [2.05, 4.69) is 25.5 Å². The van der Waals surface area contributed by atoms with Crippen molar-refractivity contribution in [3.63, 3.8) is 0 Å². The maximum absolute atomic E-state index is 12.6. The van der Waals surface area contributed by atoms with Gasteiger partial charge >= 0.3 is 0 Å². The fourth-order valence-electron chi connectivity index (χ4n) is 3.50. The third kappa shape index (κ3) is 5.83. The molecule has 13 nitrogen and oxygen atoms in total. The highest BCUT2D eigenvalue weighted by atomic mass is 16.6. The van der Waals surface area contributed by atoms with E-state index in [4.69, 9.17) is 4.74 Å². The van der Waals surface area contributed by atoms with Crippen LogP contribution in [0.2, 0.25) is 0 Å². The second-order valence-corrected chi connectivity index (χ2v) is 7.67. The van der Waals surface area contributed by atoms with Crippen LogP contribution >= 0.6 is 0 Å². The molecule has 1 aliphatic rings. The standard InChI is InChI=1S/C22H21N7O6/c1-14-23-20(13-21(24-14)27-6-8-35-9-7-27)25-16-2-4-17(5-3-16)26-22(30)15-10-18(28(31)32)12-19(11-15)29(33)34/h2-5,10-13H,6-9H2,1H3,(H,26,30)(H,23,24,25). The zero-order valence-electron chi connectivity index (χ0n) is 18.6. The number of benzene rings is 2. The average molecular weight is 479 g/mol. The molecule has 3 aromatic rings. The van der Waals surface area contributed by atoms with Gasteiger partial charge in [0.1, 0.15) is 17.5 Å². The molecule has 1 fully saturated rings. The van der Waals surface area contributed by atoms with Crippen molar-refractivity contribution < 1.29 is 19.4 Å². The van der Waals surface area contributed by atoms with Gasteiger partial charge < -0.3 is 20.3 Å². The van der Waals surface area contributed by atoms with Crippen LogP contribution in [0.1, 0.15) is 16.2 Å². The van der Waals surface area contributed by atoms with E-state index >= 15 is 0 Å². The number of amides is 1. The number of nitrogens with one attached hydrogen (secondary N) is 2. The molecule has 2 N–H and O–H groups in total. The van der Waals surface area contributed by atoms with Gasteiger partial charge in [-0.2, -0.15) is 0 Å². The molecule has 2 aromatic carbocycles. The molecule has 0 spiro atoms. The Balaban J connectivity index is 1.46. The van der Waals surface area contributed by atoms with E-state index in [1.165, 1.54) is 0 Å². The first-order valence-electron chi connectivity index (χ1n) is 10.6. The van der Waals surface area contributed by atoms with E-state index < -0.39 is 27.1 Å². The summed E-state index contributed by atoms with van der Waals surface area (Å²) in [5, 5.41) is 27.9. The summed E-state index contributed by atoms with van der Waals surface area (Å²) in [6, 6.07) is 11.3. The van der Waals surface area contributed by atoms with E-state index in [0.717, 1.165) is 37.1 Å². The van der Waals surface area contributed by atoms with Crippen LogP contribution in [0.25, 0.3) is 0 Å². The number of hydrogen-bond acceptors (Lipinski definition) is 10. The number of nitrogens with zero attached hydrogens (tertiary/aromatic N) is 5. The largest absolute Gasteiger partial charge is 0.378 e. The Bertz CT molecular complexity index is 1240. The number of carbonyl (C=O) groups excluding carboxylic acids is 1. The number of nitro groups is 2. The predicted molar refractivity (Wildman–Crippen MR) is 127 cm³/mol. The maximum Gasteiger partial charge on any atom is 0.277 e. The Hall–Kier alpha value is -4.65. The molecule has 0 atom stereocenters. The first-order valence-corrected chi connectivity index (χ1v) is 10.6. The molecule has 0 bridgehead atoms. The van der Waals surface area contributed by atoms with E-state index in [1.807, 2.05) is 13.0 Å². The lowest BCUT2D eigenvalue weighted by Gasteiger charge is -2.28. The normalized spacial score (nSPS) is 13.2. The molecule has 0 radical (unpaired) electrons. The quantitative estimate of drug-likeness (QED) is 0.378.